The zero-order valence-electron chi connectivity index (χ0n) is 5.17. The molecule has 0 aliphatic carbocycles. The molecule has 2 N–H and O–H groups in total. The topological polar surface area (TPSA) is 26.0 Å². The normalized spacial score (nSPS) is 10.2. The van der Waals surface area contributed by atoms with Crippen LogP contribution < -0.4 is 5.73 Å². The molecule has 0 spiro atoms. The summed E-state index contributed by atoms with van der Waals surface area (Å²) in [6, 6.07) is 0.0982. The maximum absolute atomic E-state index is 12.3. The van der Waals surface area contributed by atoms with Crippen molar-refractivity contribution in [3.63, 3.8) is 0 Å². The molecule has 0 saturated heterocycles. The van der Waals surface area contributed by atoms with Gasteiger partial charge in [0.15, 0.2) is 23.3 Å². The predicted octanol–water partition coefficient (Wildman–Crippen LogP) is 1.83. The third-order valence-corrected chi connectivity index (χ3v) is 1.15. The molecule has 0 radical (unpaired) electrons. The Morgan fingerprint density at radius 2 is 1.27 bits per heavy atom. The molecule has 0 atom stereocenters. The van der Waals surface area contributed by atoms with E-state index in [4.69, 9.17) is 0 Å². The standard InChI is InChI=1S/C6H3F4N/c7-2-1-3(8)5(10)6(11)4(2)9/h1H,11H2. The molecule has 0 bridgehead atoms. The van der Waals surface area contributed by atoms with Gasteiger partial charge in [0.25, 0.3) is 0 Å². The Morgan fingerprint density at radius 1 is 0.909 bits per heavy atom. The highest BCUT2D eigenvalue weighted by atomic mass is 19.2. The summed E-state index contributed by atoms with van der Waals surface area (Å²) in [5.74, 6) is -6.13. The number of nitrogens with two attached hydrogens (primary N) is 1. The fraction of sp³-hybridized carbons (Fsp3) is 0. The molecule has 0 amide bonds. The van der Waals surface area contributed by atoms with E-state index in [1.54, 1.807) is 0 Å². The monoisotopic (exact) mass is 165 g/mol. The SMILES string of the molecule is Nc1c(F)c(F)cc(F)c1F. The van der Waals surface area contributed by atoms with Crippen molar-refractivity contribution in [3.05, 3.63) is 29.3 Å². The van der Waals surface area contributed by atoms with Crippen LogP contribution in [-0.4, -0.2) is 0 Å². The predicted molar refractivity (Wildman–Crippen MR) is 30.7 cm³/mol. The second-order valence-corrected chi connectivity index (χ2v) is 1.88. The highest BCUT2D eigenvalue weighted by Crippen LogP contribution is 2.20. The Hall–Kier alpha value is -1.26. The van der Waals surface area contributed by atoms with E-state index in [1.807, 2.05) is 0 Å². The lowest BCUT2D eigenvalue weighted by Crippen LogP contribution is -2.01. The highest BCUT2D eigenvalue weighted by Gasteiger charge is 2.15. The molecule has 60 valence electrons. The molecule has 0 heterocycles. The summed E-state index contributed by atoms with van der Waals surface area (Å²) in [6.45, 7) is 0. The fourth-order valence-corrected chi connectivity index (χ4v) is 0.592. The van der Waals surface area contributed by atoms with Crippen molar-refractivity contribution in [2.24, 2.45) is 0 Å². The van der Waals surface area contributed by atoms with Crippen LogP contribution >= 0.6 is 0 Å². The van der Waals surface area contributed by atoms with E-state index < -0.39 is 29.0 Å². The molecule has 0 saturated carbocycles. The number of benzene rings is 1. The molecule has 1 rings (SSSR count). The Kier molecular flexibility index (Phi) is 1.72. The van der Waals surface area contributed by atoms with Crippen LogP contribution in [0.5, 0.6) is 0 Å². The van der Waals surface area contributed by atoms with Crippen molar-refractivity contribution < 1.29 is 17.6 Å². The van der Waals surface area contributed by atoms with Gasteiger partial charge in [0, 0.05) is 6.07 Å². The summed E-state index contributed by atoms with van der Waals surface area (Å²) in [6.07, 6.45) is 0. The van der Waals surface area contributed by atoms with Crippen LogP contribution in [0.2, 0.25) is 0 Å². The third kappa shape index (κ3) is 1.13. The van der Waals surface area contributed by atoms with Gasteiger partial charge in [0.2, 0.25) is 0 Å². The first-order valence-corrected chi connectivity index (χ1v) is 2.62. The van der Waals surface area contributed by atoms with Gasteiger partial charge in [0.05, 0.1) is 0 Å². The molecule has 11 heavy (non-hydrogen) atoms. The van der Waals surface area contributed by atoms with Gasteiger partial charge in [-0.05, 0) is 0 Å². The van der Waals surface area contributed by atoms with E-state index in [1.165, 1.54) is 0 Å². The van der Waals surface area contributed by atoms with Crippen molar-refractivity contribution in [2.75, 3.05) is 5.73 Å². The summed E-state index contributed by atoms with van der Waals surface area (Å²) in [5, 5.41) is 0. The van der Waals surface area contributed by atoms with E-state index in [-0.39, 0.29) is 6.07 Å². The molecule has 1 aromatic rings. The second kappa shape index (κ2) is 2.41. The summed E-state index contributed by atoms with van der Waals surface area (Å²) in [4.78, 5) is 0. The first-order valence-electron chi connectivity index (χ1n) is 2.62. The zero-order chi connectivity index (χ0) is 8.59. The summed E-state index contributed by atoms with van der Waals surface area (Å²) in [7, 11) is 0. The van der Waals surface area contributed by atoms with Gasteiger partial charge >= 0.3 is 0 Å². The van der Waals surface area contributed by atoms with E-state index >= 15 is 0 Å². The van der Waals surface area contributed by atoms with Crippen molar-refractivity contribution in [3.8, 4) is 0 Å². The van der Waals surface area contributed by atoms with Gasteiger partial charge in [-0.3, -0.25) is 0 Å². The molecule has 0 aliphatic heterocycles. The average Bonchev–Trinajstić information content (AvgIpc) is 1.97. The lowest BCUT2D eigenvalue weighted by atomic mass is 10.3. The van der Waals surface area contributed by atoms with Crippen molar-refractivity contribution in [1.82, 2.24) is 0 Å². The van der Waals surface area contributed by atoms with Gasteiger partial charge in [0.1, 0.15) is 5.69 Å². The molecule has 0 aliphatic rings. The third-order valence-electron chi connectivity index (χ3n) is 1.15. The molecule has 1 nitrogen and oxygen atoms in total. The maximum atomic E-state index is 12.3. The Morgan fingerprint density at radius 3 is 1.64 bits per heavy atom. The molecular weight excluding hydrogens is 162 g/mol. The maximum Gasteiger partial charge on any atom is 0.184 e. The zero-order valence-corrected chi connectivity index (χ0v) is 5.17. The van der Waals surface area contributed by atoms with Crippen LogP contribution in [0.1, 0.15) is 0 Å². The number of anilines is 1. The second-order valence-electron chi connectivity index (χ2n) is 1.88. The Bertz CT molecular complexity index is 271. The van der Waals surface area contributed by atoms with Gasteiger partial charge in [-0.2, -0.15) is 0 Å². The van der Waals surface area contributed by atoms with Crippen LogP contribution in [0.4, 0.5) is 23.2 Å². The highest BCUT2D eigenvalue weighted by molar-refractivity contribution is 5.41. The molecule has 0 aromatic heterocycles. The van der Waals surface area contributed by atoms with Crippen LogP contribution in [0.25, 0.3) is 0 Å². The van der Waals surface area contributed by atoms with E-state index in [2.05, 4.69) is 5.73 Å². The van der Waals surface area contributed by atoms with Crippen LogP contribution in [0.3, 0.4) is 0 Å². The van der Waals surface area contributed by atoms with Crippen molar-refractivity contribution >= 4 is 5.69 Å². The minimum Gasteiger partial charge on any atom is -0.394 e. The smallest absolute Gasteiger partial charge is 0.184 e. The van der Waals surface area contributed by atoms with Crippen LogP contribution in [-0.2, 0) is 0 Å². The first kappa shape index (κ1) is 7.84. The number of nitrogen functional groups attached to an aromatic ring is 1. The van der Waals surface area contributed by atoms with Crippen LogP contribution in [0.15, 0.2) is 6.07 Å². The Balaban J connectivity index is 3.46. The lowest BCUT2D eigenvalue weighted by Gasteiger charge is -1.99. The minimum atomic E-state index is -1.57. The van der Waals surface area contributed by atoms with Gasteiger partial charge < -0.3 is 5.73 Å². The quantitative estimate of drug-likeness (QED) is 0.354. The molecular formula is C6H3F4N. The number of hydrogen-bond acceptors (Lipinski definition) is 1. The van der Waals surface area contributed by atoms with Gasteiger partial charge in [-0.25, -0.2) is 17.6 Å². The van der Waals surface area contributed by atoms with E-state index in [9.17, 15) is 17.6 Å². The van der Waals surface area contributed by atoms with Crippen LogP contribution in [0, 0.1) is 23.3 Å². The first-order chi connectivity index (χ1) is 5.04. The largest absolute Gasteiger partial charge is 0.394 e. The number of halogens is 4. The molecule has 1 aromatic carbocycles. The minimum absolute atomic E-state index is 0.0982. The molecule has 0 unspecified atom stereocenters. The Labute approximate surface area is 59.4 Å². The summed E-state index contributed by atoms with van der Waals surface area (Å²) >= 11 is 0. The van der Waals surface area contributed by atoms with Gasteiger partial charge in [-0.15, -0.1) is 0 Å². The van der Waals surface area contributed by atoms with E-state index in [0.29, 0.717) is 0 Å². The summed E-state index contributed by atoms with van der Waals surface area (Å²) < 4.78 is 48.8. The van der Waals surface area contributed by atoms with Gasteiger partial charge in [-0.1, -0.05) is 0 Å². The molecule has 0 fully saturated rings. The molecule has 5 heteroatoms. The fourth-order valence-electron chi connectivity index (χ4n) is 0.592. The van der Waals surface area contributed by atoms with Crippen molar-refractivity contribution in [1.29, 1.82) is 0 Å². The average molecular weight is 165 g/mol. The summed E-state index contributed by atoms with van der Waals surface area (Å²) in [5.41, 5.74) is 3.52. The number of hydrogen-bond donors (Lipinski definition) is 1. The lowest BCUT2D eigenvalue weighted by molar-refractivity contribution is 0.460. The van der Waals surface area contributed by atoms with E-state index in [0.717, 1.165) is 0 Å². The number of rotatable bonds is 0. The van der Waals surface area contributed by atoms with Crippen molar-refractivity contribution in [2.45, 2.75) is 0 Å².